The molecule has 0 saturated carbocycles. The average molecular weight is 338 g/mol. The number of hydrogen-bond acceptors (Lipinski definition) is 3. The van der Waals surface area contributed by atoms with Crippen LogP contribution in [-0.4, -0.2) is 18.6 Å². The number of carbonyl (C=O) groups is 2. The fraction of sp³-hybridized carbons (Fsp3) is 0.125. The molecule has 0 bridgehead atoms. The van der Waals surface area contributed by atoms with E-state index in [1.54, 1.807) is 19.1 Å². The second kappa shape index (κ2) is 7.49. The second-order valence-electron chi connectivity index (χ2n) is 4.57. The van der Waals surface area contributed by atoms with Crippen molar-refractivity contribution in [2.45, 2.75) is 6.92 Å². The van der Waals surface area contributed by atoms with Gasteiger partial charge >= 0.3 is 12.0 Å². The smallest absolute Gasteiger partial charge is 0.340 e. The lowest BCUT2D eigenvalue weighted by molar-refractivity contribution is 0.0527. The standard InChI is InChI=1S/C16H13F3N2O3/c1-2-24-15(22)9-5-3-4-6-11(9)20-16(23)21-12-8-7-10(17)13(18)14(12)19/h3-8H,2H2,1H3,(H2,20,21,23). The maximum atomic E-state index is 13.5. The van der Waals surface area contributed by atoms with Crippen LogP contribution in [0.3, 0.4) is 0 Å². The van der Waals surface area contributed by atoms with Crippen molar-refractivity contribution in [2.24, 2.45) is 0 Å². The van der Waals surface area contributed by atoms with Crippen molar-refractivity contribution in [3.63, 3.8) is 0 Å². The van der Waals surface area contributed by atoms with Crippen LogP contribution in [0.5, 0.6) is 0 Å². The van der Waals surface area contributed by atoms with Crippen molar-refractivity contribution < 1.29 is 27.5 Å². The maximum Gasteiger partial charge on any atom is 0.340 e. The molecule has 2 amide bonds. The first kappa shape index (κ1) is 17.3. The number of amides is 2. The van der Waals surface area contributed by atoms with Crippen LogP contribution in [0.4, 0.5) is 29.3 Å². The van der Waals surface area contributed by atoms with Gasteiger partial charge in [0.1, 0.15) is 0 Å². The van der Waals surface area contributed by atoms with E-state index in [9.17, 15) is 22.8 Å². The third kappa shape index (κ3) is 3.83. The monoisotopic (exact) mass is 338 g/mol. The number of hydrogen-bond donors (Lipinski definition) is 2. The molecule has 2 N–H and O–H groups in total. The Morgan fingerprint density at radius 3 is 2.33 bits per heavy atom. The van der Waals surface area contributed by atoms with Crippen LogP contribution in [0.15, 0.2) is 36.4 Å². The van der Waals surface area contributed by atoms with Crippen molar-refractivity contribution in [1.82, 2.24) is 0 Å². The number of nitrogens with one attached hydrogen (secondary N) is 2. The predicted molar refractivity (Wildman–Crippen MR) is 81.4 cm³/mol. The van der Waals surface area contributed by atoms with Gasteiger partial charge < -0.3 is 15.4 Å². The van der Waals surface area contributed by atoms with E-state index in [-0.39, 0.29) is 17.9 Å². The van der Waals surface area contributed by atoms with Crippen molar-refractivity contribution in [3.8, 4) is 0 Å². The van der Waals surface area contributed by atoms with Crippen LogP contribution < -0.4 is 10.6 Å². The Kier molecular flexibility index (Phi) is 5.41. The summed E-state index contributed by atoms with van der Waals surface area (Å²) in [7, 11) is 0. The van der Waals surface area contributed by atoms with Gasteiger partial charge in [0.2, 0.25) is 0 Å². The molecule has 0 saturated heterocycles. The van der Waals surface area contributed by atoms with Gasteiger partial charge in [-0.05, 0) is 31.2 Å². The van der Waals surface area contributed by atoms with Gasteiger partial charge in [-0.1, -0.05) is 12.1 Å². The summed E-state index contributed by atoms with van der Waals surface area (Å²) in [6, 6.07) is 6.64. The first-order valence-corrected chi connectivity index (χ1v) is 6.91. The summed E-state index contributed by atoms with van der Waals surface area (Å²) in [5.41, 5.74) is -0.322. The van der Waals surface area contributed by atoms with Gasteiger partial charge in [-0.25, -0.2) is 22.8 Å². The Balaban J connectivity index is 2.16. The van der Waals surface area contributed by atoms with Crippen molar-refractivity contribution in [2.75, 3.05) is 17.2 Å². The van der Waals surface area contributed by atoms with E-state index >= 15 is 0 Å². The fourth-order valence-corrected chi connectivity index (χ4v) is 1.88. The Bertz CT molecular complexity index is 781. The zero-order chi connectivity index (χ0) is 17.7. The van der Waals surface area contributed by atoms with Crippen LogP contribution >= 0.6 is 0 Å². The molecule has 0 unspecified atom stereocenters. The first-order valence-electron chi connectivity index (χ1n) is 6.91. The average Bonchev–Trinajstić information content (AvgIpc) is 2.56. The highest BCUT2D eigenvalue weighted by Crippen LogP contribution is 2.21. The molecule has 0 atom stereocenters. The minimum atomic E-state index is -1.69. The fourth-order valence-electron chi connectivity index (χ4n) is 1.88. The maximum absolute atomic E-state index is 13.5. The highest BCUT2D eigenvalue weighted by molar-refractivity contribution is 6.05. The normalized spacial score (nSPS) is 10.2. The minimum Gasteiger partial charge on any atom is -0.462 e. The van der Waals surface area contributed by atoms with E-state index in [1.165, 1.54) is 12.1 Å². The third-order valence-electron chi connectivity index (χ3n) is 2.95. The number of carbonyl (C=O) groups excluding carboxylic acids is 2. The number of rotatable bonds is 4. The molecule has 2 aromatic carbocycles. The molecule has 24 heavy (non-hydrogen) atoms. The van der Waals surface area contributed by atoms with E-state index in [0.29, 0.717) is 6.07 Å². The number of urea groups is 1. The van der Waals surface area contributed by atoms with Gasteiger partial charge in [0.05, 0.1) is 23.5 Å². The van der Waals surface area contributed by atoms with Crippen molar-refractivity contribution in [1.29, 1.82) is 0 Å². The lowest BCUT2D eigenvalue weighted by Crippen LogP contribution is -2.22. The van der Waals surface area contributed by atoms with Crippen molar-refractivity contribution in [3.05, 3.63) is 59.4 Å². The van der Waals surface area contributed by atoms with Gasteiger partial charge in [-0.2, -0.15) is 0 Å². The zero-order valence-corrected chi connectivity index (χ0v) is 12.5. The number of ether oxygens (including phenoxy) is 1. The molecule has 0 aliphatic carbocycles. The predicted octanol–water partition coefficient (Wildman–Crippen LogP) is 3.92. The molecule has 0 heterocycles. The second-order valence-corrected chi connectivity index (χ2v) is 4.57. The molecule has 8 heteroatoms. The lowest BCUT2D eigenvalue weighted by Gasteiger charge is -2.12. The number of halogens is 3. The minimum absolute atomic E-state index is 0.0975. The summed E-state index contributed by atoms with van der Waals surface area (Å²) in [5.74, 6) is -5.23. The van der Waals surface area contributed by atoms with Gasteiger partial charge in [0.25, 0.3) is 0 Å². The molecule has 0 fully saturated rings. The summed E-state index contributed by atoms with van der Waals surface area (Å²) >= 11 is 0. The van der Waals surface area contributed by atoms with Crippen LogP contribution in [0.1, 0.15) is 17.3 Å². The highest BCUT2D eigenvalue weighted by Gasteiger charge is 2.17. The van der Waals surface area contributed by atoms with Crippen molar-refractivity contribution >= 4 is 23.4 Å². The largest absolute Gasteiger partial charge is 0.462 e. The van der Waals surface area contributed by atoms with E-state index in [0.717, 1.165) is 6.07 Å². The van der Waals surface area contributed by atoms with Gasteiger partial charge in [0, 0.05) is 0 Å². The van der Waals surface area contributed by atoms with Gasteiger partial charge in [0.15, 0.2) is 17.5 Å². The number of benzene rings is 2. The summed E-state index contributed by atoms with van der Waals surface area (Å²) in [5, 5.41) is 4.37. The Labute approximate surface area is 135 Å². The first-order chi connectivity index (χ1) is 11.4. The summed E-state index contributed by atoms with van der Waals surface area (Å²) < 4.78 is 44.4. The molecule has 0 radical (unpaired) electrons. The van der Waals surface area contributed by atoms with Gasteiger partial charge in [-0.15, -0.1) is 0 Å². The Morgan fingerprint density at radius 1 is 0.958 bits per heavy atom. The Morgan fingerprint density at radius 2 is 1.62 bits per heavy atom. The molecule has 0 aliphatic rings. The quantitative estimate of drug-likeness (QED) is 0.656. The Hall–Kier alpha value is -3.03. The van der Waals surface area contributed by atoms with E-state index in [1.807, 2.05) is 5.32 Å². The van der Waals surface area contributed by atoms with E-state index in [4.69, 9.17) is 4.74 Å². The molecule has 2 aromatic rings. The third-order valence-corrected chi connectivity index (χ3v) is 2.95. The van der Waals surface area contributed by atoms with Crippen LogP contribution in [-0.2, 0) is 4.74 Å². The van der Waals surface area contributed by atoms with Crippen LogP contribution in [0.2, 0.25) is 0 Å². The van der Waals surface area contributed by atoms with E-state index < -0.39 is 35.1 Å². The number of para-hydroxylation sites is 1. The zero-order valence-electron chi connectivity index (χ0n) is 12.5. The molecule has 2 rings (SSSR count). The highest BCUT2D eigenvalue weighted by atomic mass is 19.2. The van der Waals surface area contributed by atoms with Gasteiger partial charge in [-0.3, -0.25) is 0 Å². The molecular formula is C16H13F3N2O3. The molecule has 5 nitrogen and oxygen atoms in total. The number of anilines is 2. The number of esters is 1. The molecule has 0 aromatic heterocycles. The van der Waals surface area contributed by atoms with E-state index in [2.05, 4.69) is 5.32 Å². The molecular weight excluding hydrogens is 325 g/mol. The SMILES string of the molecule is CCOC(=O)c1ccccc1NC(=O)Nc1ccc(F)c(F)c1F. The molecule has 0 aliphatic heterocycles. The summed E-state index contributed by atoms with van der Waals surface area (Å²) in [4.78, 5) is 23.7. The topological polar surface area (TPSA) is 67.4 Å². The lowest BCUT2D eigenvalue weighted by atomic mass is 10.2. The summed E-state index contributed by atoms with van der Waals surface area (Å²) in [6.07, 6.45) is 0. The summed E-state index contributed by atoms with van der Waals surface area (Å²) in [6.45, 7) is 1.78. The van der Waals surface area contributed by atoms with Crippen LogP contribution in [0.25, 0.3) is 0 Å². The molecule has 0 spiro atoms. The van der Waals surface area contributed by atoms with Crippen LogP contribution in [0, 0.1) is 17.5 Å². The molecule has 126 valence electrons.